The molecule has 0 atom stereocenters. The molecule has 0 spiro atoms. The number of anilines is 1. The van der Waals surface area contributed by atoms with Gasteiger partial charge >= 0.3 is 0 Å². The molecule has 0 bridgehead atoms. The van der Waals surface area contributed by atoms with Crippen molar-refractivity contribution in [3.05, 3.63) is 65.2 Å². The van der Waals surface area contributed by atoms with E-state index >= 15 is 0 Å². The maximum absolute atomic E-state index is 6.58. The number of benzene rings is 2. The third-order valence-electron chi connectivity index (χ3n) is 4.93. The minimum Gasteiger partial charge on any atom is -0.385 e. The van der Waals surface area contributed by atoms with Crippen LogP contribution in [0.1, 0.15) is 36.5 Å². The lowest BCUT2D eigenvalue weighted by Gasteiger charge is -2.07. The fraction of sp³-hybridized carbons (Fsp3) is 0.273. The van der Waals surface area contributed by atoms with Gasteiger partial charge in [-0.15, -0.1) is 0 Å². The number of nitrogen functional groups attached to an aromatic ring is 1. The van der Waals surface area contributed by atoms with Gasteiger partial charge in [-0.2, -0.15) is 0 Å². The Morgan fingerprint density at radius 2 is 1.65 bits per heavy atom. The van der Waals surface area contributed by atoms with Crippen LogP contribution in [0.3, 0.4) is 0 Å². The molecule has 0 saturated heterocycles. The first-order valence-electron chi connectivity index (χ1n) is 9.26. The summed E-state index contributed by atoms with van der Waals surface area (Å²) in [6.07, 6.45) is 2.97. The Morgan fingerprint density at radius 1 is 0.962 bits per heavy atom. The van der Waals surface area contributed by atoms with E-state index in [1.807, 2.05) is 24.3 Å². The second kappa shape index (κ2) is 6.79. The standard InChI is InChI=1S/C22H24N4/c1-3-4-13-26-21(23)17(14-16-11-9-15(2)10-12-16)20-22(26)25-19-8-6-5-7-18(19)24-20/h5-12H,3-4,13-14,23H2,1-2H3. The van der Waals surface area contributed by atoms with Crippen molar-refractivity contribution in [1.29, 1.82) is 0 Å². The van der Waals surface area contributed by atoms with Crippen molar-refractivity contribution < 1.29 is 0 Å². The van der Waals surface area contributed by atoms with Crippen LogP contribution < -0.4 is 5.73 Å². The Kier molecular flexibility index (Phi) is 4.33. The van der Waals surface area contributed by atoms with Gasteiger partial charge in [0.25, 0.3) is 0 Å². The quantitative estimate of drug-likeness (QED) is 0.562. The zero-order chi connectivity index (χ0) is 18.1. The summed E-state index contributed by atoms with van der Waals surface area (Å²) >= 11 is 0. The molecule has 0 aliphatic rings. The molecule has 4 rings (SSSR count). The van der Waals surface area contributed by atoms with Crippen LogP contribution in [0.5, 0.6) is 0 Å². The molecule has 4 nitrogen and oxygen atoms in total. The number of unbranched alkanes of at least 4 members (excludes halogenated alkanes) is 1. The van der Waals surface area contributed by atoms with Crippen molar-refractivity contribution in [2.24, 2.45) is 0 Å². The fourth-order valence-electron chi connectivity index (χ4n) is 3.41. The minimum atomic E-state index is 0.773. The molecule has 26 heavy (non-hydrogen) atoms. The van der Waals surface area contributed by atoms with Crippen molar-refractivity contribution in [1.82, 2.24) is 14.5 Å². The Labute approximate surface area is 153 Å². The molecule has 0 aliphatic heterocycles. The van der Waals surface area contributed by atoms with Crippen LogP contribution in [0.15, 0.2) is 48.5 Å². The van der Waals surface area contributed by atoms with Crippen molar-refractivity contribution in [2.75, 3.05) is 5.73 Å². The summed E-state index contributed by atoms with van der Waals surface area (Å²) in [5.74, 6) is 0.796. The van der Waals surface area contributed by atoms with Crippen LogP contribution in [-0.4, -0.2) is 14.5 Å². The van der Waals surface area contributed by atoms with Crippen molar-refractivity contribution >= 4 is 28.0 Å². The van der Waals surface area contributed by atoms with E-state index in [1.54, 1.807) is 0 Å². The molecule has 2 aromatic carbocycles. The average molecular weight is 344 g/mol. The summed E-state index contributed by atoms with van der Waals surface area (Å²) in [6, 6.07) is 16.6. The molecule has 4 heteroatoms. The number of rotatable bonds is 5. The van der Waals surface area contributed by atoms with Crippen LogP contribution in [0.2, 0.25) is 0 Å². The molecular formula is C22H24N4. The van der Waals surface area contributed by atoms with E-state index in [4.69, 9.17) is 15.7 Å². The molecule has 2 heterocycles. The van der Waals surface area contributed by atoms with E-state index in [1.165, 1.54) is 11.1 Å². The molecule has 2 N–H and O–H groups in total. The zero-order valence-corrected chi connectivity index (χ0v) is 15.4. The summed E-state index contributed by atoms with van der Waals surface area (Å²) in [6.45, 7) is 5.17. The van der Waals surface area contributed by atoms with Gasteiger partial charge in [0.2, 0.25) is 0 Å². The van der Waals surface area contributed by atoms with Gasteiger partial charge in [-0.25, -0.2) is 9.97 Å². The Hall–Kier alpha value is -2.88. The third kappa shape index (κ3) is 2.92. The van der Waals surface area contributed by atoms with Crippen LogP contribution >= 0.6 is 0 Å². The lowest BCUT2D eigenvalue weighted by Crippen LogP contribution is -2.05. The summed E-state index contributed by atoms with van der Waals surface area (Å²) in [4.78, 5) is 9.81. The second-order valence-electron chi connectivity index (χ2n) is 6.92. The summed E-state index contributed by atoms with van der Waals surface area (Å²) in [7, 11) is 0. The number of nitrogens with two attached hydrogens (primary N) is 1. The van der Waals surface area contributed by atoms with Gasteiger partial charge in [0.1, 0.15) is 11.3 Å². The highest BCUT2D eigenvalue weighted by molar-refractivity contribution is 5.90. The molecule has 0 saturated carbocycles. The Bertz CT molecular complexity index is 1060. The molecule has 2 aromatic heterocycles. The van der Waals surface area contributed by atoms with Crippen LogP contribution in [0.4, 0.5) is 5.82 Å². The zero-order valence-electron chi connectivity index (χ0n) is 15.4. The third-order valence-corrected chi connectivity index (χ3v) is 4.93. The lowest BCUT2D eigenvalue weighted by atomic mass is 10.0. The topological polar surface area (TPSA) is 56.7 Å². The van der Waals surface area contributed by atoms with Gasteiger partial charge < -0.3 is 10.3 Å². The number of hydrogen-bond donors (Lipinski definition) is 1. The minimum absolute atomic E-state index is 0.773. The first kappa shape index (κ1) is 16.6. The van der Waals surface area contributed by atoms with Gasteiger partial charge in [0.15, 0.2) is 5.65 Å². The molecule has 0 fully saturated rings. The lowest BCUT2D eigenvalue weighted by molar-refractivity contribution is 0.651. The van der Waals surface area contributed by atoms with Gasteiger partial charge in [-0.1, -0.05) is 55.3 Å². The number of aromatic nitrogens is 3. The van der Waals surface area contributed by atoms with Gasteiger partial charge in [-0.05, 0) is 31.0 Å². The van der Waals surface area contributed by atoms with Crippen molar-refractivity contribution in [3.8, 4) is 0 Å². The van der Waals surface area contributed by atoms with Gasteiger partial charge in [0, 0.05) is 18.5 Å². The molecule has 0 unspecified atom stereocenters. The van der Waals surface area contributed by atoms with E-state index in [9.17, 15) is 0 Å². The number of fused-ring (bicyclic) bond motifs is 2. The number of para-hydroxylation sites is 2. The molecular weight excluding hydrogens is 320 g/mol. The van der Waals surface area contributed by atoms with E-state index in [-0.39, 0.29) is 0 Å². The number of hydrogen-bond acceptors (Lipinski definition) is 3. The van der Waals surface area contributed by atoms with Gasteiger partial charge in [-0.3, -0.25) is 0 Å². The molecule has 4 aromatic rings. The predicted octanol–water partition coefficient (Wildman–Crippen LogP) is 4.87. The highest BCUT2D eigenvalue weighted by atomic mass is 15.1. The molecule has 0 aliphatic carbocycles. The number of nitrogens with zero attached hydrogens (tertiary/aromatic N) is 3. The van der Waals surface area contributed by atoms with Gasteiger partial charge in [0.05, 0.1) is 11.0 Å². The van der Waals surface area contributed by atoms with Crippen LogP contribution in [-0.2, 0) is 13.0 Å². The molecule has 132 valence electrons. The maximum Gasteiger partial charge on any atom is 0.161 e. The van der Waals surface area contributed by atoms with E-state index in [0.29, 0.717) is 0 Å². The smallest absolute Gasteiger partial charge is 0.161 e. The van der Waals surface area contributed by atoms with Crippen molar-refractivity contribution in [2.45, 2.75) is 39.7 Å². The van der Waals surface area contributed by atoms with E-state index in [2.05, 4.69) is 42.7 Å². The highest BCUT2D eigenvalue weighted by Crippen LogP contribution is 2.30. The monoisotopic (exact) mass is 344 g/mol. The Balaban J connectivity index is 1.90. The highest BCUT2D eigenvalue weighted by Gasteiger charge is 2.18. The summed E-state index contributed by atoms with van der Waals surface area (Å²) in [5.41, 5.74) is 13.8. The largest absolute Gasteiger partial charge is 0.385 e. The summed E-state index contributed by atoms with van der Waals surface area (Å²) in [5, 5.41) is 0. The normalized spacial score (nSPS) is 11.5. The second-order valence-corrected chi connectivity index (χ2v) is 6.92. The number of aryl methyl sites for hydroxylation is 2. The Morgan fingerprint density at radius 3 is 2.35 bits per heavy atom. The first-order valence-corrected chi connectivity index (χ1v) is 9.26. The fourth-order valence-corrected chi connectivity index (χ4v) is 3.41. The van der Waals surface area contributed by atoms with Crippen molar-refractivity contribution in [3.63, 3.8) is 0 Å². The van der Waals surface area contributed by atoms with Crippen LogP contribution in [0.25, 0.3) is 22.2 Å². The average Bonchev–Trinajstić information content (AvgIpc) is 2.91. The molecule has 0 radical (unpaired) electrons. The summed E-state index contributed by atoms with van der Waals surface area (Å²) < 4.78 is 2.14. The van der Waals surface area contributed by atoms with E-state index in [0.717, 1.165) is 59.4 Å². The first-order chi connectivity index (χ1) is 12.7. The molecule has 0 amide bonds. The van der Waals surface area contributed by atoms with Crippen LogP contribution in [0, 0.1) is 6.92 Å². The maximum atomic E-state index is 6.58. The SMILES string of the molecule is CCCCn1c(N)c(Cc2ccc(C)cc2)c2nc3ccccc3nc21. The van der Waals surface area contributed by atoms with E-state index < -0.39 is 0 Å². The predicted molar refractivity (Wildman–Crippen MR) is 108 cm³/mol.